The summed E-state index contributed by atoms with van der Waals surface area (Å²) in [5.74, 6) is 1.29. The molecule has 1 aromatic carbocycles. The summed E-state index contributed by atoms with van der Waals surface area (Å²) >= 11 is 0. The molecule has 0 saturated carbocycles. The molecule has 0 amide bonds. The maximum Gasteiger partial charge on any atom is 0.146 e. The van der Waals surface area contributed by atoms with E-state index in [0.717, 1.165) is 0 Å². The molecule has 5 nitrogen and oxygen atoms in total. The van der Waals surface area contributed by atoms with Crippen LogP contribution < -0.4 is 4.74 Å². The highest BCUT2D eigenvalue weighted by atomic mass is 16.5. The maximum absolute atomic E-state index is 9.66. The lowest BCUT2D eigenvalue weighted by Crippen LogP contribution is -1.86. The number of benzene rings is 1. The summed E-state index contributed by atoms with van der Waals surface area (Å²) in [4.78, 5) is 0. The van der Waals surface area contributed by atoms with Crippen molar-refractivity contribution >= 4 is 12.4 Å². The summed E-state index contributed by atoms with van der Waals surface area (Å²) in [6.07, 6.45) is 4.49. The topological polar surface area (TPSA) is 67.3 Å². The van der Waals surface area contributed by atoms with Gasteiger partial charge in [0.25, 0.3) is 0 Å². The lowest BCUT2D eigenvalue weighted by molar-refractivity contribution is 0.407. The Bertz CT molecular complexity index is 560. The second-order valence-corrected chi connectivity index (χ2v) is 3.43. The van der Waals surface area contributed by atoms with Gasteiger partial charge in [-0.3, -0.25) is 0 Å². The Morgan fingerprint density at radius 2 is 2.06 bits per heavy atom. The van der Waals surface area contributed by atoms with Crippen molar-refractivity contribution in [2.24, 2.45) is 10.2 Å². The number of furan rings is 1. The first kappa shape index (κ1) is 11.9. The fourth-order valence-electron chi connectivity index (χ4n) is 1.31. The van der Waals surface area contributed by atoms with Gasteiger partial charge in [-0.1, -0.05) is 0 Å². The van der Waals surface area contributed by atoms with Crippen LogP contribution in [0.25, 0.3) is 0 Å². The van der Waals surface area contributed by atoms with Gasteiger partial charge < -0.3 is 14.3 Å². The zero-order valence-corrected chi connectivity index (χ0v) is 9.78. The Balaban J connectivity index is 2.05. The van der Waals surface area contributed by atoms with E-state index in [0.29, 0.717) is 17.1 Å². The van der Waals surface area contributed by atoms with Crippen LogP contribution in [0.5, 0.6) is 11.5 Å². The molecule has 2 rings (SSSR count). The molecule has 5 heteroatoms. The van der Waals surface area contributed by atoms with Gasteiger partial charge in [-0.2, -0.15) is 10.2 Å². The molecule has 0 unspecified atom stereocenters. The number of rotatable bonds is 4. The summed E-state index contributed by atoms with van der Waals surface area (Å²) in [7, 11) is 1.54. The molecule has 0 aliphatic carbocycles. The molecule has 1 heterocycles. The molecule has 0 atom stereocenters. The number of hydrogen-bond donors (Lipinski definition) is 1. The fourth-order valence-corrected chi connectivity index (χ4v) is 1.31. The van der Waals surface area contributed by atoms with Crippen LogP contribution in [0, 0.1) is 0 Å². The van der Waals surface area contributed by atoms with Crippen LogP contribution in [-0.2, 0) is 0 Å². The standard InChI is InChI=1S/C13H12N2O3/c1-17-11-5-4-10(13(16)7-11)8-14-15-9-12-3-2-6-18-12/h2-9,16H,1H3. The number of aromatic hydroxyl groups is 1. The van der Waals surface area contributed by atoms with Gasteiger partial charge in [-0.05, 0) is 24.3 Å². The first-order valence-electron chi connectivity index (χ1n) is 5.26. The van der Waals surface area contributed by atoms with Crippen molar-refractivity contribution in [1.29, 1.82) is 0 Å². The summed E-state index contributed by atoms with van der Waals surface area (Å²) in [5, 5.41) is 17.3. The Labute approximate surface area is 104 Å². The molecule has 0 aliphatic heterocycles. The highest BCUT2D eigenvalue weighted by Gasteiger charge is 1.99. The van der Waals surface area contributed by atoms with Crippen LogP contribution in [0.2, 0.25) is 0 Å². The van der Waals surface area contributed by atoms with E-state index in [1.54, 1.807) is 30.5 Å². The molecule has 0 radical (unpaired) electrons. The number of ether oxygens (including phenoxy) is 1. The Morgan fingerprint density at radius 1 is 1.22 bits per heavy atom. The highest BCUT2D eigenvalue weighted by Crippen LogP contribution is 2.21. The monoisotopic (exact) mass is 244 g/mol. The second-order valence-electron chi connectivity index (χ2n) is 3.43. The average molecular weight is 244 g/mol. The van der Waals surface area contributed by atoms with Crippen LogP contribution in [0.1, 0.15) is 11.3 Å². The molecular weight excluding hydrogens is 232 g/mol. The van der Waals surface area contributed by atoms with Crippen LogP contribution in [0.4, 0.5) is 0 Å². The Kier molecular flexibility index (Phi) is 3.76. The maximum atomic E-state index is 9.66. The van der Waals surface area contributed by atoms with Crippen molar-refractivity contribution in [1.82, 2.24) is 0 Å². The number of phenols is 1. The molecule has 0 fully saturated rings. The lowest BCUT2D eigenvalue weighted by atomic mass is 10.2. The van der Waals surface area contributed by atoms with Crippen molar-refractivity contribution in [2.45, 2.75) is 0 Å². The van der Waals surface area contributed by atoms with E-state index in [4.69, 9.17) is 9.15 Å². The molecule has 1 N–H and O–H groups in total. The third-order valence-electron chi connectivity index (χ3n) is 2.23. The molecule has 0 spiro atoms. The van der Waals surface area contributed by atoms with Crippen molar-refractivity contribution in [3.63, 3.8) is 0 Å². The molecule has 0 bridgehead atoms. The predicted molar refractivity (Wildman–Crippen MR) is 68.6 cm³/mol. The Morgan fingerprint density at radius 3 is 2.72 bits per heavy atom. The van der Waals surface area contributed by atoms with Gasteiger partial charge >= 0.3 is 0 Å². The zero-order valence-electron chi connectivity index (χ0n) is 9.78. The van der Waals surface area contributed by atoms with Gasteiger partial charge in [0.1, 0.15) is 17.3 Å². The normalized spacial score (nSPS) is 11.4. The van der Waals surface area contributed by atoms with Gasteiger partial charge in [0, 0.05) is 11.6 Å². The molecule has 18 heavy (non-hydrogen) atoms. The summed E-state index contributed by atoms with van der Waals surface area (Å²) < 4.78 is 10.0. The fraction of sp³-hybridized carbons (Fsp3) is 0.0769. The van der Waals surface area contributed by atoms with E-state index in [1.807, 2.05) is 0 Å². The molecule has 2 aromatic rings. The molecule has 0 saturated heterocycles. The molecule has 1 aromatic heterocycles. The third-order valence-corrected chi connectivity index (χ3v) is 2.23. The van der Waals surface area contributed by atoms with Crippen molar-refractivity contribution in [2.75, 3.05) is 7.11 Å². The van der Waals surface area contributed by atoms with Gasteiger partial charge in [-0.25, -0.2) is 0 Å². The lowest BCUT2D eigenvalue weighted by Gasteiger charge is -2.01. The van der Waals surface area contributed by atoms with E-state index < -0.39 is 0 Å². The summed E-state index contributed by atoms with van der Waals surface area (Å²) in [5.41, 5.74) is 0.562. The van der Waals surface area contributed by atoms with Gasteiger partial charge in [0.2, 0.25) is 0 Å². The van der Waals surface area contributed by atoms with E-state index in [9.17, 15) is 5.11 Å². The van der Waals surface area contributed by atoms with Crippen molar-refractivity contribution < 1.29 is 14.3 Å². The van der Waals surface area contributed by atoms with Crippen LogP contribution in [0.3, 0.4) is 0 Å². The van der Waals surface area contributed by atoms with Crippen LogP contribution in [0.15, 0.2) is 51.2 Å². The Hall–Kier alpha value is -2.56. The van der Waals surface area contributed by atoms with E-state index >= 15 is 0 Å². The van der Waals surface area contributed by atoms with Gasteiger partial charge in [0.15, 0.2) is 0 Å². The first-order valence-corrected chi connectivity index (χ1v) is 5.26. The molecular formula is C13H12N2O3. The third kappa shape index (κ3) is 2.98. The van der Waals surface area contributed by atoms with Gasteiger partial charge in [-0.15, -0.1) is 0 Å². The SMILES string of the molecule is COc1ccc(C=NN=Cc2ccco2)c(O)c1. The minimum Gasteiger partial charge on any atom is -0.507 e. The molecule has 92 valence electrons. The molecule has 0 aliphatic rings. The van der Waals surface area contributed by atoms with E-state index in [1.165, 1.54) is 25.6 Å². The van der Waals surface area contributed by atoms with Crippen LogP contribution >= 0.6 is 0 Å². The first-order chi connectivity index (χ1) is 8.79. The summed E-state index contributed by atoms with van der Waals surface area (Å²) in [6.45, 7) is 0. The van der Waals surface area contributed by atoms with E-state index in [-0.39, 0.29) is 5.75 Å². The summed E-state index contributed by atoms with van der Waals surface area (Å²) in [6, 6.07) is 8.47. The highest BCUT2D eigenvalue weighted by molar-refractivity contribution is 5.84. The number of phenolic OH excluding ortho intramolecular Hbond substituents is 1. The van der Waals surface area contributed by atoms with Crippen molar-refractivity contribution in [3.05, 3.63) is 47.9 Å². The number of hydrogen-bond acceptors (Lipinski definition) is 5. The minimum absolute atomic E-state index is 0.0892. The smallest absolute Gasteiger partial charge is 0.146 e. The second kappa shape index (κ2) is 5.67. The predicted octanol–water partition coefficient (Wildman–Crippen LogP) is 2.45. The average Bonchev–Trinajstić information content (AvgIpc) is 2.89. The van der Waals surface area contributed by atoms with Crippen LogP contribution in [-0.4, -0.2) is 24.6 Å². The quantitative estimate of drug-likeness (QED) is 0.663. The largest absolute Gasteiger partial charge is 0.507 e. The van der Waals surface area contributed by atoms with E-state index in [2.05, 4.69) is 10.2 Å². The minimum atomic E-state index is 0.0892. The number of methoxy groups -OCH3 is 1. The number of nitrogens with zero attached hydrogens (tertiary/aromatic N) is 2. The van der Waals surface area contributed by atoms with Gasteiger partial charge in [0.05, 0.1) is 25.8 Å². The zero-order chi connectivity index (χ0) is 12.8. The van der Waals surface area contributed by atoms with Crippen molar-refractivity contribution in [3.8, 4) is 11.5 Å².